The number of likely N-dealkylation sites (tertiary alicyclic amines) is 1. The Balaban J connectivity index is 1.29. The van der Waals surface area contributed by atoms with E-state index in [1.54, 1.807) is 11.0 Å². The number of aromatic nitrogens is 2. The number of nitrogens with zero attached hydrogens (tertiary/aromatic N) is 5. The second-order valence-corrected chi connectivity index (χ2v) is 12.8. The summed E-state index contributed by atoms with van der Waals surface area (Å²) >= 11 is 5.87. The number of piperidine rings is 1. The quantitative estimate of drug-likeness (QED) is 0.223. The third-order valence-electron chi connectivity index (χ3n) is 7.50. The van der Waals surface area contributed by atoms with Gasteiger partial charge < -0.3 is 31.3 Å². The van der Waals surface area contributed by atoms with Crippen LogP contribution in [0.1, 0.15) is 53.5 Å². The summed E-state index contributed by atoms with van der Waals surface area (Å²) in [4.78, 5) is 53.1. The Bertz CT molecular complexity index is 1580. The van der Waals surface area contributed by atoms with Crippen LogP contribution >= 0.6 is 11.6 Å². The average Bonchev–Trinajstić information content (AvgIpc) is 3.41. The molecule has 2 aliphatic rings. The lowest BCUT2D eigenvalue weighted by atomic mass is 9.88. The van der Waals surface area contributed by atoms with Crippen molar-refractivity contribution in [3.63, 3.8) is 0 Å². The Kier molecular flexibility index (Phi) is 10.7. The fourth-order valence-electron chi connectivity index (χ4n) is 5.06. The molecule has 3 amide bonds. The summed E-state index contributed by atoms with van der Waals surface area (Å²) in [6.07, 6.45) is 1.76. The molecule has 244 valence electrons. The van der Waals surface area contributed by atoms with E-state index in [-0.39, 0.29) is 51.4 Å². The van der Waals surface area contributed by atoms with Crippen LogP contribution in [0.5, 0.6) is 0 Å². The number of ether oxygens (including phenoxy) is 1. The number of guanidine groups is 1. The van der Waals surface area contributed by atoms with E-state index in [4.69, 9.17) is 27.8 Å². The van der Waals surface area contributed by atoms with Crippen molar-refractivity contribution in [1.29, 1.82) is 0 Å². The number of nitrogens with two attached hydrogens (primary N) is 2. The molecule has 4 rings (SSSR count). The average molecular weight is 665 g/mol. The number of hydrogen-bond donors (Lipinski definition) is 5. The van der Waals surface area contributed by atoms with Crippen LogP contribution in [0, 0.1) is 0 Å². The first-order valence-electron chi connectivity index (χ1n) is 14.3. The number of carbonyl (C=O) groups is 3. The maximum Gasteiger partial charge on any atom is 0.409 e. The third kappa shape index (κ3) is 8.09. The molecule has 0 unspecified atom stereocenters. The van der Waals surface area contributed by atoms with Crippen LogP contribution in [0.25, 0.3) is 0 Å². The zero-order valence-corrected chi connectivity index (χ0v) is 26.6. The molecule has 1 saturated heterocycles. The summed E-state index contributed by atoms with van der Waals surface area (Å²) < 4.78 is 33.2. The SMILES string of the molecule is CCCN(CCCNS(=O)(=O)c1cccc(C(=O)N2CCC3(CC2)CN=C(NC(=O)c2nc(Cl)c(N)nc2N)N3)c1)C(=O)OC. The maximum absolute atomic E-state index is 13.3. The Morgan fingerprint density at radius 2 is 1.89 bits per heavy atom. The van der Waals surface area contributed by atoms with Gasteiger partial charge in [-0.2, -0.15) is 0 Å². The fraction of sp³-hybridized carbons (Fsp3) is 0.481. The number of benzene rings is 1. The zero-order valence-electron chi connectivity index (χ0n) is 25.0. The first kappa shape index (κ1) is 33.7. The normalized spacial score (nSPS) is 15.7. The van der Waals surface area contributed by atoms with Crippen molar-refractivity contribution >= 4 is 57.1 Å². The number of hydrogen-bond acceptors (Lipinski definition) is 12. The van der Waals surface area contributed by atoms with E-state index in [0.29, 0.717) is 52.0 Å². The van der Waals surface area contributed by atoms with Gasteiger partial charge in [0.25, 0.3) is 11.8 Å². The van der Waals surface area contributed by atoms with Gasteiger partial charge in [0.05, 0.1) is 24.1 Å². The van der Waals surface area contributed by atoms with E-state index >= 15 is 0 Å². The van der Waals surface area contributed by atoms with Crippen LogP contribution in [-0.2, 0) is 14.8 Å². The van der Waals surface area contributed by atoms with E-state index in [2.05, 4.69) is 30.3 Å². The Morgan fingerprint density at radius 3 is 2.58 bits per heavy atom. The molecule has 1 aromatic heterocycles. The second kappa shape index (κ2) is 14.3. The van der Waals surface area contributed by atoms with Crippen molar-refractivity contribution in [2.75, 3.05) is 57.8 Å². The van der Waals surface area contributed by atoms with Crippen LogP contribution in [-0.4, -0.2) is 104 Å². The zero-order chi connectivity index (χ0) is 32.8. The summed E-state index contributed by atoms with van der Waals surface area (Å²) in [6.45, 7) is 4.04. The molecule has 0 bridgehead atoms. The topological polar surface area (TPSA) is 227 Å². The van der Waals surface area contributed by atoms with Crippen LogP contribution in [0.15, 0.2) is 34.2 Å². The van der Waals surface area contributed by atoms with Gasteiger partial charge in [-0.25, -0.2) is 27.9 Å². The molecule has 16 nitrogen and oxygen atoms in total. The monoisotopic (exact) mass is 664 g/mol. The van der Waals surface area contributed by atoms with Gasteiger partial charge >= 0.3 is 6.09 Å². The number of nitrogens with one attached hydrogen (secondary N) is 3. The number of carbonyl (C=O) groups excluding carboxylic acids is 3. The highest BCUT2D eigenvalue weighted by Gasteiger charge is 2.40. The third-order valence-corrected chi connectivity index (χ3v) is 9.23. The summed E-state index contributed by atoms with van der Waals surface area (Å²) in [7, 11) is -2.59. The van der Waals surface area contributed by atoms with Crippen molar-refractivity contribution in [3.8, 4) is 0 Å². The van der Waals surface area contributed by atoms with Crippen LogP contribution < -0.4 is 26.8 Å². The van der Waals surface area contributed by atoms with Crippen LogP contribution in [0.4, 0.5) is 16.4 Å². The minimum absolute atomic E-state index is 0.0285. The number of methoxy groups -OCH3 is 1. The lowest BCUT2D eigenvalue weighted by Gasteiger charge is -2.39. The lowest BCUT2D eigenvalue weighted by molar-refractivity contribution is 0.0668. The summed E-state index contributed by atoms with van der Waals surface area (Å²) in [5.74, 6) is -0.965. The highest BCUT2D eigenvalue weighted by atomic mass is 35.5. The molecule has 0 atom stereocenters. The molecule has 18 heteroatoms. The Labute approximate surface area is 266 Å². The highest BCUT2D eigenvalue weighted by molar-refractivity contribution is 7.89. The molecule has 0 aliphatic carbocycles. The number of rotatable bonds is 10. The summed E-state index contributed by atoms with van der Waals surface area (Å²) in [5.41, 5.74) is 10.9. The van der Waals surface area contributed by atoms with Gasteiger partial charge in [0.2, 0.25) is 10.0 Å². The predicted molar refractivity (Wildman–Crippen MR) is 167 cm³/mol. The van der Waals surface area contributed by atoms with Gasteiger partial charge in [-0.05, 0) is 43.9 Å². The number of sulfonamides is 1. The number of halogens is 1. The lowest BCUT2D eigenvalue weighted by Crippen LogP contribution is -2.57. The molecule has 1 spiro atoms. The molecule has 7 N–H and O–H groups in total. The number of nitrogen functional groups attached to an aromatic ring is 2. The molecule has 2 aromatic rings. The van der Waals surface area contributed by atoms with Crippen LogP contribution in [0.2, 0.25) is 5.15 Å². The number of aliphatic imine (C=N–C) groups is 1. The molecule has 0 radical (unpaired) electrons. The van der Waals surface area contributed by atoms with Crippen molar-refractivity contribution in [2.24, 2.45) is 4.99 Å². The molecule has 2 aliphatic heterocycles. The van der Waals surface area contributed by atoms with Gasteiger partial charge in [-0.1, -0.05) is 24.6 Å². The van der Waals surface area contributed by atoms with E-state index in [1.165, 1.54) is 30.2 Å². The van der Waals surface area contributed by atoms with Crippen LogP contribution in [0.3, 0.4) is 0 Å². The van der Waals surface area contributed by atoms with Crippen molar-refractivity contribution in [2.45, 2.75) is 43.0 Å². The van der Waals surface area contributed by atoms with Gasteiger partial charge in [-0.3, -0.25) is 19.9 Å². The second-order valence-electron chi connectivity index (χ2n) is 10.7. The van der Waals surface area contributed by atoms with E-state index < -0.39 is 27.6 Å². The van der Waals surface area contributed by atoms with Crippen molar-refractivity contribution in [1.82, 2.24) is 35.1 Å². The molecule has 1 fully saturated rings. The van der Waals surface area contributed by atoms with E-state index in [0.717, 1.165) is 6.42 Å². The van der Waals surface area contributed by atoms with Gasteiger partial charge in [0, 0.05) is 38.3 Å². The smallest absolute Gasteiger partial charge is 0.409 e. The minimum atomic E-state index is -3.89. The largest absolute Gasteiger partial charge is 0.453 e. The Hall–Kier alpha value is -4.22. The minimum Gasteiger partial charge on any atom is -0.453 e. The van der Waals surface area contributed by atoms with Gasteiger partial charge in [-0.15, -0.1) is 0 Å². The van der Waals surface area contributed by atoms with Crippen molar-refractivity contribution < 1.29 is 27.5 Å². The summed E-state index contributed by atoms with van der Waals surface area (Å²) in [6, 6.07) is 5.89. The molecule has 1 aromatic carbocycles. The molecule has 3 heterocycles. The first-order valence-corrected chi connectivity index (χ1v) is 16.2. The van der Waals surface area contributed by atoms with Crippen molar-refractivity contribution in [3.05, 3.63) is 40.7 Å². The van der Waals surface area contributed by atoms with Gasteiger partial charge in [0.15, 0.2) is 28.4 Å². The maximum atomic E-state index is 13.3. The standard InChI is InChI=1S/C27H37ClN10O6S/c1-3-11-38(26(41)44-2)12-5-10-32-45(42,43)18-7-4-6-17(15-18)24(40)37-13-8-27(9-14-37)16-31-25(36-27)35-23(39)19-21(29)34-22(30)20(28)33-19/h4,6-7,15,32H,3,5,8-14,16H2,1-2H3,(H4,29,30,34)(H2,31,35,36,39). The molecule has 45 heavy (non-hydrogen) atoms. The first-order chi connectivity index (χ1) is 21.4. The van der Waals surface area contributed by atoms with E-state index in [1.807, 2.05) is 6.92 Å². The number of anilines is 2. The highest BCUT2D eigenvalue weighted by Crippen LogP contribution is 2.27. The van der Waals surface area contributed by atoms with Gasteiger partial charge in [0.1, 0.15) is 0 Å². The molecule has 0 saturated carbocycles. The molecular formula is C27H37ClN10O6S. The summed E-state index contributed by atoms with van der Waals surface area (Å²) in [5, 5.41) is 5.72. The molecular weight excluding hydrogens is 628 g/mol. The van der Waals surface area contributed by atoms with E-state index in [9.17, 15) is 22.8 Å². The Morgan fingerprint density at radius 1 is 1.16 bits per heavy atom. The fourth-order valence-corrected chi connectivity index (χ4v) is 6.31. The predicted octanol–water partition coefficient (Wildman–Crippen LogP) is 0.805. The number of amides is 3.